The number of hydrogen-bond acceptors (Lipinski definition) is 2. The molecule has 2 N–H and O–H groups in total. The molecule has 0 saturated heterocycles. The first-order valence-electron chi connectivity index (χ1n) is 6.48. The van der Waals surface area contributed by atoms with Gasteiger partial charge in [0.15, 0.2) is 0 Å². The Labute approximate surface area is 112 Å². The maximum atomic E-state index is 5.58. The van der Waals surface area contributed by atoms with Crippen LogP contribution in [-0.4, -0.2) is 20.7 Å². The van der Waals surface area contributed by atoms with E-state index in [9.17, 15) is 0 Å². The monoisotopic (exact) mass is 254 g/mol. The predicted octanol–water partition coefficient (Wildman–Crippen LogP) is 2.31. The van der Waals surface area contributed by atoms with Gasteiger partial charge >= 0.3 is 0 Å². The second-order valence-electron chi connectivity index (χ2n) is 4.82. The average Bonchev–Trinajstić information content (AvgIpc) is 2.96. The van der Waals surface area contributed by atoms with Gasteiger partial charge in [-0.1, -0.05) is 18.2 Å². The summed E-state index contributed by atoms with van der Waals surface area (Å²) in [6.45, 7) is 3.57. The van der Waals surface area contributed by atoms with Crippen molar-refractivity contribution in [2.45, 2.75) is 13.5 Å². The van der Waals surface area contributed by atoms with Crippen molar-refractivity contribution in [1.82, 2.24) is 14.1 Å². The fourth-order valence-corrected chi connectivity index (χ4v) is 2.60. The fraction of sp³-hybridized carbons (Fsp3) is 0.267. The Morgan fingerprint density at radius 1 is 1.26 bits per heavy atom. The van der Waals surface area contributed by atoms with E-state index in [0.29, 0.717) is 6.54 Å². The topological polar surface area (TPSA) is 48.8 Å². The SMILES string of the molecule is Cc1c(-c2cn(CCN)cn2)c2ccccc2n1C. The van der Waals surface area contributed by atoms with E-state index in [1.807, 2.05) is 10.9 Å². The number of aromatic nitrogens is 3. The van der Waals surface area contributed by atoms with Gasteiger partial charge in [-0.25, -0.2) is 4.98 Å². The summed E-state index contributed by atoms with van der Waals surface area (Å²) in [5.74, 6) is 0. The Kier molecular flexibility index (Phi) is 2.87. The molecule has 0 saturated carbocycles. The molecule has 2 aromatic heterocycles. The summed E-state index contributed by atoms with van der Waals surface area (Å²) in [7, 11) is 2.10. The van der Waals surface area contributed by atoms with Crippen LogP contribution in [0, 0.1) is 6.92 Å². The van der Waals surface area contributed by atoms with E-state index in [2.05, 4.69) is 54.0 Å². The molecule has 0 radical (unpaired) electrons. The van der Waals surface area contributed by atoms with E-state index in [-0.39, 0.29) is 0 Å². The molecule has 0 spiro atoms. The number of fused-ring (bicyclic) bond motifs is 1. The molecule has 0 amide bonds. The Balaban J connectivity index is 2.21. The molecule has 3 aromatic rings. The molecule has 3 rings (SSSR count). The van der Waals surface area contributed by atoms with Crippen molar-refractivity contribution in [2.24, 2.45) is 12.8 Å². The lowest BCUT2D eigenvalue weighted by Crippen LogP contribution is -2.07. The number of nitrogens with zero attached hydrogens (tertiary/aromatic N) is 3. The number of nitrogens with two attached hydrogens (primary N) is 1. The number of rotatable bonds is 3. The summed E-state index contributed by atoms with van der Waals surface area (Å²) in [4.78, 5) is 4.52. The van der Waals surface area contributed by atoms with Crippen molar-refractivity contribution in [3.05, 3.63) is 42.5 Å². The van der Waals surface area contributed by atoms with Crippen molar-refractivity contribution in [1.29, 1.82) is 0 Å². The molecule has 4 heteroatoms. The first-order chi connectivity index (χ1) is 9.22. The molecular formula is C15H18N4. The largest absolute Gasteiger partial charge is 0.347 e. The average molecular weight is 254 g/mol. The van der Waals surface area contributed by atoms with Crippen LogP contribution in [0.3, 0.4) is 0 Å². The molecule has 0 bridgehead atoms. The van der Waals surface area contributed by atoms with Gasteiger partial charge in [-0.15, -0.1) is 0 Å². The Bertz CT molecular complexity index is 721. The zero-order chi connectivity index (χ0) is 13.4. The van der Waals surface area contributed by atoms with Crippen LogP contribution in [-0.2, 0) is 13.6 Å². The minimum Gasteiger partial charge on any atom is -0.347 e. The minimum absolute atomic E-state index is 0.629. The molecule has 0 unspecified atom stereocenters. The zero-order valence-corrected chi connectivity index (χ0v) is 11.3. The summed E-state index contributed by atoms with van der Waals surface area (Å²) in [6.07, 6.45) is 3.92. The normalized spacial score (nSPS) is 11.3. The van der Waals surface area contributed by atoms with E-state index >= 15 is 0 Å². The molecule has 0 aliphatic rings. The number of aryl methyl sites for hydroxylation is 1. The molecule has 4 nitrogen and oxygen atoms in total. The van der Waals surface area contributed by atoms with Gasteiger partial charge in [-0.3, -0.25) is 0 Å². The van der Waals surface area contributed by atoms with Crippen molar-refractivity contribution in [3.63, 3.8) is 0 Å². The van der Waals surface area contributed by atoms with Gasteiger partial charge in [-0.2, -0.15) is 0 Å². The van der Waals surface area contributed by atoms with Gasteiger partial charge in [0.25, 0.3) is 0 Å². The third-order valence-corrected chi connectivity index (χ3v) is 3.68. The van der Waals surface area contributed by atoms with Gasteiger partial charge < -0.3 is 14.9 Å². The van der Waals surface area contributed by atoms with E-state index in [0.717, 1.165) is 12.2 Å². The summed E-state index contributed by atoms with van der Waals surface area (Å²) in [6, 6.07) is 8.43. The second kappa shape index (κ2) is 4.55. The van der Waals surface area contributed by atoms with Crippen molar-refractivity contribution in [3.8, 4) is 11.3 Å². The zero-order valence-electron chi connectivity index (χ0n) is 11.3. The third-order valence-electron chi connectivity index (χ3n) is 3.68. The fourth-order valence-electron chi connectivity index (χ4n) is 2.60. The Hall–Kier alpha value is -2.07. The van der Waals surface area contributed by atoms with Gasteiger partial charge in [0.05, 0.1) is 12.0 Å². The summed E-state index contributed by atoms with van der Waals surface area (Å²) in [5, 5.41) is 1.25. The lowest BCUT2D eigenvalue weighted by atomic mass is 10.1. The van der Waals surface area contributed by atoms with Crippen LogP contribution in [0.5, 0.6) is 0 Å². The number of para-hydroxylation sites is 1. The first kappa shape index (κ1) is 12.0. The van der Waals surface area contributed by atoms with Gasteiger partial charge in [0.1, 0.15) is 0 Å². The van der Waals surface area contributed by atoms with Crippen LogP contribution < -0.4 is 5.73 Å². The minimum atomic E-state index is 0.629. The summed E-state index contributed by atoms with van der Waals surface area (Å²) in [5.41, 5.74) is 10.3. The quantitative estimate of drug-likeness (QED) is 0.779. The van der Waals surface area contributed by atoms with Crippen molar-refractivity contribution < 1.29 is 0 Å². The molecular weight excluding hydrogens is 236 g/mol. The smallest absolute Gasteiger partial charge is 0.0954 e. The van der Waals surface area contributed by atoms with E-state index in [1.165, 1.54) is 22.2 Å². The molecule has 19 heavy (non-hydrogen) atoms. The molecule has 0 aliphatic heterocycles. The highest BCUT2D eigenvalue weighted by molar-refractivity contribution is 5.97. The Morgan fingerprint density at radius 2 is 2.05 bits per heavy atom. The van der Waals surface area contributed by atoms with Gasteiger partial charge in [0, 0.05) is 48.5 Å². The number of imidazole rings is 1. The molecule has 0 fully saturated rings. The molecule has 1 aromatic carbocycles. The maximum absolute atomic E-state index is 5.58. The van der Waals surface area contributed by atoms with E-state index in [4.69, 9.17) is 5.73 Å². The van der Waals surface area contributed by atoms with Crippen LogP contribution in [0.2, 0.25) is 0 Å². The van der Waals surface area contributed by atoms with Gasteiger partial charge in [0.2, 0.25) is 0 Å². The first-order valence-corrected chi connectivity index (χ1v) is 6.48. The van der Waals surface area contributed by atoms with Crippen LogP contribution >= 0.6 is 0 Å². The van der Waals surface area contributed by atoms with Crippen LogP contribution in [0.4, 0.5) is 0 Å². The molecule has 0 atom stereocenters. The third kappa shape index (κ3) is 1.85. The van der Waals surface area contributed by atoms with E-state index in [1.54, 1.807) is 0 Å². The molecule has 2 heterocycles. The van der Waals surface area contributed by atoms with E-state index < -0.39 is 0 Å². The second-order valence-corrected chi connectivity index (χ2v) is 4.82. The predicted molar refractivity (Wildman–Crippen MR) is 77.9 cm³/mol. The highest BCUT2D eigenvalue weighted by Crippen LogP contribution is 2.32. The van der Waals surface area contributed by atoms with Gasteiger partial charge in [-0.05, 0) is 13.0 Å². The lowest BCUT2D eigenvalue weighted by Gasteiger charge is -1.99. The maximum Gasteiger partial charge on any atom is 0.0954 e. The Morgan fingerprint density at radius 3 is 2.84 bits per heavy atom. The molecule has 98 valence electrons. The number of hydrogen-bond donors (Lipinski definition) is 1. The lowest BCUT2D eigenvalue weighted by molar-refractivity contribution is 0.708. The van der Waals surface area contributed by atoms with Crippen LogP contribution in [0.25, 0.3) is 22.2 Å². The summed E-state index contributed by atoms with van der Waals surface area (Å²) < 4.78 is 4.25. The standard InChI is InChI=1S/C15H18N4/c1-11-15(13-9-19(8-7-16)10-17-13)12-5-3-4-6-14(12)18(11)2/h3-6,9-10H,7-8,16H2,1-2H3. The van der Waals surface area contributed by atoms with Crippen molar-refractivity contribution >= 4 is 10.9 Å². The van der Waals surface area contributed by atoms with Crippen LogP contribution in [0.1, 0.15) is 5.69 Å². The summed E-state index contributed by atoms with van der Waals surface area (Å²) >= 11 is 0. The molecule has 0 aliphatic carbocycles. The van der Waals surface area contributed by atoms with Crippen molar-refractivity contribution in [2.75, 3.05) is 6.54 Å². The highest BCUT2D eigenvalue weighted by Gasteiger charge is 2.14. The number of benzene rings is 1. The van der Waals surface area contributed by atoms with Crippen LogP contribution in [0.15, 0.2) is 36.8 Å². The highest BCUT2D eigenvalue weighted by atomic mass is 15.0.